The van der Waals surface area contributed by atoms with Gasteiger partial charge in [0.25, 0.3) is 0 Å². The molecule has 0 radical (unpaired) electrons. The van der Waals surface area contributed by atoms with Crippen LogP contribution in [0.3, 0.4) is 0 Å². The lowest BCUT2D eigenvalue weighted by atomic mass is 9.88. The molecule has 2 aromatic carbocycles. The van der Waals surface area contributed by atoms with Gasteiger partial charge in [0, 0.05) is 27.2 Å². The molecule has 1 aliphatic heterocycles. The van der Waals surface area contributed by atoms with Gasteiger partial charge < -0.3 is 20.6 Å². The Balaban J connectivity index is 0.000000572. The number of carboxylic acid groups (broad SMARTS) is 1. The van der Waals surface area contributed by atoms with E-state index in [4.69, 9.17) is 15.6 Å². The quantitative estimate of drug-likeness (QED) is 0.597. The summed E-state index contributed by atoms with van der Waals surface area (Å²) < 4.78 is 44.9. The highest BCUT2D eigenvalue weighted by Gasteiger charge is 2.38. The number of amides is 2. The summed E-state index contributed by atoms with van der Waals surface area (Å²) in [6.07, 6.45) is -2.03. The summed E-state index contributed by atoms with van der Waals surface area (Å²) in [6, 6.07) is 12.7. The lowest BCUT2D eigenvalue weighted by molar-refractivity contribution is -0.192. The summed E-state index contributed by atoms with van der Waals surface area (Å²) in [4.78, 5) is 38.0. The van der Waals surface area contributed by atoms with Crippen molar-refractivity contribution >= 4 is 17.8 Å². The molecule has 1 aliphatic rings. The third-order valence-corrected chi connectivity index (χ3v) is 5.71. The minimum Gasteiger partial charge on any atom is -0.475 e. The normalized spacial score (nSPS) is 15.2. The number of piperidine rings is 1. The molecule has 0 bridgehead atoms. The SMILES string of the molecule is CN(C)C(=O)[C@@H](c1ccc(-c2ccc(F)cc2)cc1)[C@H](N)C(=O)N1CCCCC1.O=C(O)C(F)(F)F. The van der Waals surface area contributed by atoms with Gasteiger partial charge in [0.05, 0.1) is 5.92 Å². The molecule has 36 heavy (non-hydrogen) atoms. The van der Waals surface area contributed by atoms with E-state index in [-0.39, 0.29) is 17.6 Å². The molecule has 1 saturated heterocycles. The topological polar surface area (TPSA) is 104 Å². The van der Waals surface area contributed by atoms with Crippen molar-refractivity contribution < 1.29 is 37.1 Å². The van der Waals surface area contributed by atoms with Gasteiger partial charge in [-0.15, -0.1) is 0 Å². The fourth-order valence-corrected chi connectivity index (χ4v) is 3.77. The molecule has 7 nitrogen and oxygen atoms in total. The highest BCUT2D eigenvalue weighted by Crippen LogP contribution is 2.27. The highest BCUT2D eigenvalue weighted by atomic mass is 19.4. The zero-order valence-electron chi connectivity index (χ0n) is 20.0. The van der Waals surface area contributed by atoms with Crippen molar-refractivity contribution in [2.24, 2.45) is 5.73 Å². The van der Waals surface area contributed by atoms with E-state index in [1.807, 2.05) is 24.3 Å². The van der Waals surface area contributed by atoms with Crippen LogP contribution in [0.2, 0.25) is 0 Å². The summed E-state index contributed by atoms with van der Waals surface area (Å²) in [5.41, 5.74) is 8.83. The summed E-state index contributed by atoms with van der Waals surface area (Å²) in [7, 11) is 3.33. The van der Waals surface area contributed by atoms with Gasteiger partial charge in [-0.3, -0.25) is 9.59 Å². The molecular formula is C25H29F4N3O4. The van der Waals surface area contributed by atoms with Crippen molar-refractivity contribution in [1.29, 1.82) is 0 Å². The zero-order chi connectivity index (χ0) is 27.0. The number of rotatable bonds is 5. The fraction of sp³-hybridized carbons (Fsp3) is 0.400. The number of halogens is 4. The van der Waals surface area contributed by atoms with Gasteiger partial charge in [-0.1, -0.05) is 36.4 Å². The first-order valence-corrected chi connectivity index (χ1v) is 11.2. The molecule has 2 amide bonds. The summed E-state index contributed by atoms with van der Waals surface area (Å²) >= 11 is 0. The average Bonchev–Trinajstić information content (AvgIpc) is 2.85. The number of carbonyl (C=O) groups excluding carboxylic acids is 2. The Morgan fingerprint density at radius 2 is 1.36 bits per heavy atom. The molecule has 3 N–H and O–H groups in total. The van der Waals surface area contributed by atoms with Gasteiger partial charge in [-0.25, -0.2) is 9.18 Å². The van der Waals surface area contributed by atoms with Crippen molar-refractivity contribution in [1.82, 2.24) is 9.80 Å². The van der Waals surface area contributed by atoms with Crippen LogP contribution in [-0.4, -0.2) is 72.1 Å². The van der Waals surface area contributed by atoms with Crippen LogP contribution < -0.4 is 5.73 Å². The standard InChI is InChI=1S/C23H28FN3O2.C2HF3O2/c1-26(2)22(28)20(21(25)23(29)27-14-4-3-5-15-27)18-8-6-16(7-9-18)17-10-12-19(24)13-11-17;3-2(4,5)1(6)7/h6-13,20-21H,3-5,14-15,25H2,1-2H3;(H,6,7)/t20-,21-;/m0./s1. The monoisotopic (exact) mass is 511 g/mol. The second kappa shape index (κ2) is 12.5. The Morgan fingerprint density at radius 1 is 0.917 bits per heavy atom. The van der Waals surface area contributed by atoms with Crippen LogP contribution in [0, 0.1) is 5.82 Å². The third kappa shape index (κ3) is 7.77. The number of alkyl halides is 3. The van der Waals surface area contributed by atoms with E-state index >= 15 is 0 Å². The Kier molecular flexibility index (Phi) is 9.97. The Hall–Kier alpha value is -3.47. The molecule has 2 atom stereocenters. The van der Waals surface area contributed by atoms with Gasteiger partial charge in [-0.2, -0.15) is 13.2 Å². The van der Waals surface area contributed by atoms with Crippen molar-refractivity contribution in [3.8, 4) is 11.1 Å². The Morgan fingerprint density at radius 3 is 1.78 bits per heavy atom. The zero-order valence-corrected chi connectivity index (χ0v) is 20.0. The summed E-state index contributed by atoms with van der Waals surface area (Å²) in [6.45, 7) is 1.39. The number of nitrogens with two attached hydrogens (primary N) is 1. The lowest BCUT2D eigenvalue weighted by Crippen LogP contribution is -2.51. The number of likely N-dealkylation sites (N-methyl/N-ethyl adjacent to an activating group) is 1. The van der Waals surface area contributed by atoms with Crippen LogP contribution >= 0.6 is 0 Å². The Bertz CT molecular complexity index is 1030. The molecule has 0 aromatic heterocycles. The number of nitrogens with zero attached hydrogens (tertiary/aromatic N) is 2. The third-order valence-electron chi connectivity index (χ3n) is 5.71. The van der Waals surface area contributed by atoms with E-state index in [1.54, 1.807) is 31.1 Å². The lowest BCUT2D eigenvalue weighted by Gasteiger charge is -2.32. The number of hydrogen-bond donors (Lipinski definition) is 2. The fourth-order valence-electron chi connectivity index (χ4n) is 3.77. The maximum absolute atomic E-state index is 13.2. The van der Waals surface area contributed by atoms with Crippen molar-refractivity contribution in [2.45, 2.75) is 37.4 Å². The van der Waals surface area contributed by atoms with Crippen LogP contribution in [0.5, 0.6) is 0 Å². The maximum atomic E-state index is 13.2. The molecule has 11 heteroatoms. The van der Waals surface area contributed by atoms with Crippen molar-refractivity contribution in [3.05, 3.63) is 59.9 Å². The molecule has 0 spiro atoms. The number of aliphatic carboxylic acids is 1. The van der Waals surface area contributed by atoms with E-state index in [0.717, 1.165) is 30.4 Å². The number of likely N-dealkylation sites (tertiary alicyclic amines) is 1. The number of benzene rings is 2. The first-order valence-electron chi connectivity index (χ1n) is 11.2. The largest absolute Gasteiger partial charge is 0.490 e. The average molecular weight is 512 g/mol. The predicted octanol–water partition coefficient (Wildman–Crippen LogP) is 3.64. The molecule has 0 unspecified atom stereocenters. The second-order valence-corrected chi connectivity index (χ2v) is 8.55. The van der Waals surface area contributed by atoms with Crippen LogP contribution in [-0.2, 0) is 14.4 Å². The second-order valence-electron chi connectivity index (χ2n) is 8.55. The first kappa shape index (κ1) is 28.8. The molecule has 2 aromatic rings. The summed E-state index contributed by atoms with van der Waals surface area (Å²) in [5.74, 6) is -4.16. The van der Waals surface area contributed by atoms with E-state index in [0.29, 0.717) is 18.7 Å². The van der Waals surface area contributed by atoms with Crippen molar-refractivity contribution in [3.63, 3.8) is 0 Å². The minimum absolute atomic E-state index is 0.174. The molecule has 0 aliphatic carbocycles. The molecule has 1 fully saturated rings. The highest BCUT2D eigenvalue weighted by molar-refractivity contribution is 5.93. The number of carbonyl (C=O) groups is 3. The first-order chi connectivity index (χ1) is 16.8. The molecule has 3 rings (SSSR count). The van der Waals surface area contributed by atoms with Crippen LogP contribution in [0.4, 0.5) is 17.6 Å². The van der Waals surface area contributed by atoms with Crippen LogP contribution in [0.15, 0.2) is 48.5 Å². The molecule has 1 heterocycles. The molecular weight excluding hydrogens is 482 g/mol. The molecule has 196 valence electrons. The van der Waals surface area contributed by atoms with Gasteiger partial charge in [0.15, 0.2) is 0 Å². The van der Waals surface area contributed by atoms with E-state index < -0.39 is 24.1 Å². The smallest absolute Gasteiger partial charge is 0.475 e. The summed E-state index contributed by atoms with van der Waals surface area (Å²) in [5, 5.41) is 7.12. The van der Waals surface area contributed by atoms with Gasteiger partial charge in [-0.05, 0) is 48.1 Å². The maximum Gasteiger partial charge on any atom is 0.490 e. The predicted molar refractivity (Wildman–Crippen MR) is 125 cm³/mol. The van der Waals surface area contributed by atoms with E-state index in [2.05, 4.69) is 0 Å². The van der Waals surface area contributed by atoms with Gasteiger partial charge in [0.1, 0.15) is 11.9 Å². The van der Waals surface area contributed by atoms with Crippen LogP contribution in [0.25, 0.3) is 11.1 Å². The minimum atomic E-state index is -5.08. The van der Waals surface area contributed by atoms with Gasteiger partial charge >= 0.3 is 12.1 Å². The molecule has 0 saturated carbocycles. The van der Waals surface area contributed by atoms with Gasteiger partial charge in [0.2, 0.25) is 11.8 Å². The van der Waals surface area contributed by atoms with E-state index in [9.17, 15) is 27.2 Å². The number of carboxylic acids is 1. The number of hydrogen-bond acceptors (Lipinski definition) is 4. The van der Waals surface area contributed by atoms with Crippen LogP contribution in [0.1, 0.15) is 30.7 Å². The van der Waals surface area contributed by atoms with Crippen molar-refractivity contribution in [2.75, 3.05) is 27.2 Å². The Labute approximate surface area is 206 Å². The van der Waals surface area contributed by atoms with E-state index in [1.165, 1.54) is 17.0 Å².